The highest BCUT2D eigenvalue weighted by atomic mass is 16.5. The molecule has 2 nitrogen and oxygen atoms in total. The molecule has 2 atom stereocenters. The Morgan fingerprint density at radius 1 is 1.05 bits per heavy atom. The van der Waals surface area contributed by atoms with Gasteiger partial charge in [0.05, 0.1) is 11.7 Å². The first-order chi connectivity index (χ1) is 9.24. The van der Waals surface area contributed by atoms with Crippen LogP contribution in [0.5, 0.6) is 0 Å². The Labute approximate surface area is 119 Å². The van der Waals surface area contributed by atoms with Crippen molar-refractivity contribution in [1.82, 2.24) is 5.32 Å². The smallest absolute Gasteiger partial charge is 0.0810 e. The summed E-state index contributed by atoms with van der Waals surface area (Å²) in [6.07, 6.45) is 13.9. The first-order valence-corrected chi connectivity index (χ1v) is 8.63. The van der Waals surface area contributed by atoms with Gasteiger partial charge in [-0.2, -0.15) is 0 Å². The summed E-state index contributed by atoms with van der Waals surface area (Å²) in [7, 11) is 0. The first-order valence-electron chi connectivity index (χ1n) is 8.63. The molecule has 2 rings (SSSR count). The van der Waals surface area contributed by atoms with Crippen LogP contribution in [-0.4, -0.2) is 24.8 Å². The van der Waals surface area contributed by atoms with E-state index >= 15 is 0 Å². The molecule has 2 aliphatic rings. The van der Waals surface area contributed by atoms with Gasteiger partial charge in [-0.05, 0) is 38.1 Å². The van der Waals surface area contributed by atoms with Crippen molar-refractivity contribution in [2.24, 2.45) is 5.92 Å². The fourth-order valence-electron chi connectivity index (χ4n) is 3.90. The quantitative estimate of drug-likeness (QED) is 0.751. The van der Waals surface area contributed by atoms with Crippen molar-refractivity contribution in [2.75, 3.05) is 13.1 Å². The van der Waals surface area contributed by atoms with Gasteiger partial charge in [-0.15, -0.1) is 0 Å². The van der Waals surface area contributed by atoms with Crippen molar-refractivity contribution in [1.29, 1.82) is 0 Å². The van der Waals surface area contributed by atoms with Gasteiger partial charge in [-0.1, -0.05) is 52.4 Å². The van der Waals surface area contributed by atoms with E-state index < -0.39 is 0 Å². The summed E-state index contributed by atoms with van der Waals surface area (Å²) >= 11 is 0. The van der Waals surface area contributed by atoms with E-state index in [-0.39, 0.29) is 5.60 Å². The molecule has 2 fully saturated rings. The molecule has 19 heavy (non-hydrogen) atoms. The highest BCUT2D eigenvalue weighted by Gasteiger charge is 2.35. The van der Waals surface area contributed by atoms with Crippen molar-refractivity contribution in [3.63, 3.8) is 0 Å². The van der Waals surface area contributed by atoms with Gasteiger partial charge in [0.1, 0.15) is 0 Å². The van der Waals surface area contributed by atoms with Crippen LogP contribution in [0.2, 0.25) is 0 Å². The molecule has 0 spiro atoms. The summed E-state index contributed by atoms with van der Waals surface area (Å²) in [5.74, 6) is 0.862. The van der Waals surface area contributed by atoms with Crippen LogP contribution in [0.25, 0.3) is 0 Å². The second-order valence-electron chi connectivity index (χ2n) is 6.89. The third-order valence-electron chi connectivity index (χ3n) is 5.02. The molecule has 2 saturated carbocycles. The average Bonchev–Trinajstić information content (AvgIpc) is 2.63. The van der Waals surface area contributed by atoms with Crippen LogP contribution in [0.4, 0.5) is 0 Å². The molecular formula is C17H33NO. The van der Waals surface area contributed by atoms with E-state index in [1.54, 1.807) is 0 Å². The van der Waals surface area contributed by atoms with Crippen LogP contribution < -0.4 is 5.32 Å². The molecule has 0 bridgehead atoms. The molecule has 0 radical (unpaired) electrons. The summed E-state index contributed by atoms with van der Waals surface area (Å²) in [5, 5.41) is 3.56. The molecule has 0 heterocycles. The minimum atomic E-state index is 0.147. The lowest BCUT2D eigenvalue weighted by Gasteiger charge is -2.39. The van der Waals surface area contributed by atoms with E-state index in [1.165, 1.54) is 64.2 Å². The second-order valence-corrected chi connectivity index (χ2v) is 6.89. The summed E-state index contributed by atoms with van der Waals surface area (Å²) < 4.78 is 6.71. The highest BCUT2D eigenvalue weighted by molar-refractivity contribution is 4.87. The summed E-state index contributed by atoms with van der Waals surface area (Å²) in [5.41, 5.74) is 0.147. The van der Waals surface area contributed by atoms with Gasteiger partial charge in [0.25, 0.3) is 0 Å². The van der Waals surface area contributed by atoms with Gasteiger partial charge in [-0.25, -0.2) is 0 Å². The number of hydrogen-bond acceptors (Lipinski definition) is 2. The Morgan fingerprint density at radius 2 is 1.79 bits per heavy atom. The van der Waals surface area contributed by atoms with Crippen molar-refractivity contribution in [3.8, 4) is 0 Å². The van der Waals surface area contributed by atoms with E-state index in [0.29, 0.717) is 6.10 Å². The monoisotopic (exact) mass is 267 g/mol. The van der Waals surface area contributed by atoms with Crippen LogP contribution in [0.3, 0.4) is 0 Å². The van der Waals surface area contributed by atoms with E-state index in [9.17, 15) is 0 Å². The van der Waals surface area contributed by atoms with Crippen molar-refractivity contribution in [3.05, 3.63) is 0 Å². The van der Waals surface area contributed by atoms with Gasteiger partial charge in [0, 0.05) is 6.54 Å². The molecule has 0 aromatic heterocycles. The molecule has 0 aromatic rings. The molecule has 2 unspecified atom stereocenters. The van der Waals surface area contributed by atoms with Crippen LogP contribution in [0.1, 0.15) is 78.1 Å². The fraction of sp³-hybridized carbons (Fsp3) is 1.00. The lowest BCUT2D eigenvalue weighted by atomic mass is 9.87. The minimum absolute atomic E-state index is 0.147. The zero-order chi connectivity index (χ0) is 13.6. The third-order valence-corrected chi connectivity index (χ3v) is 5.02. The van der Waals surface area contributed by atoms with Gasteiger partial charge in [0.15, 0.2) is 0 Å². The second kappa shape index (κ2) is 7.64. The normalized spacial score (nSPS) is 31.9. The summed E-state index contributed by atoms with van der Waals surface area (Å²) in [6, 6.07) is 0. The highest BCUT2D eigenvalue weighted by Crippen LogP contribution is 2.35. The van der Waals surface area contributed by atoms with Gasteiger partial charge in [-0.3, -0.25) is 0 Å². The number of likely N-dealkylation sites (N-methyl/N-ethyl adjacent to an activating group) is 1. The number of ether oxygens (including phenoxy) is 1. The largest absolute Gasteiger partial charge is 0.370 e. The fourth-order valence-corrected chi connectivity index (χ4v) is 3.90. The van der Waals surface area contributed by atoms with Crippen LogP contribution in [-0.2, 0) is 4.74 Å². The van der Waals surface area contributed by atoms with E-state index in [2.05, 4.69) is 19.2 Å². The predicted octanol–water partition coefficient (Wildman–Crippen LogP) is 4.28. The number of hydrogen-bond donors (Lipinski definition) is 1. The molecule has 1 N–H and O–H groups in total. The third kappa shape index (κ3) is 4.75. The zero-order valence-corrected chi connectivity index (χ0v) is 13.0. The Kier molecular flexibility index (Phi) is 6.15. The minimum Gasteiger partial charge on any atom is -0.370 e. The molecule has 0 amide bonds. The molecule has 112 valence electrons. The predicted molar refractivity (Wildman–Crippen MR) is 81.5 cm³/mol. The van der Waals surface area contributed by atoms with Crippen LogP contribution >= 0.6 is 0 Å². The molecule has 2 aliphatic carbocycles. The standard InChI is InChI=1S/C17H33NO/c1-3-18-14-17(11-6-4-5-7-12-17)19-16-10-8-9-15(2)13-16/h15-16,18H,3-14H2,1-2H3. The lowest BCUT2D eigenvalue weighted by Crippen LogP contribution is -2.46. The Balaban J connectivity index is 1.95. The zero-order valence-electron chi connectivity index (χ0n) is 13.0. The van der Waals surface area contributed by atoms with Crippen molar-refractivity contribution >= 4 is 0 Å². The molecule has 0 aromatic carbocycles. The first kappa shape index (κ1) is 15.3. The molecule has 0 saturated heterocycles. The number of nitrogens with one attached hydrogen (secondary N) is 1. The lowest BCUT2D eigenvalue weighted by molar-refractivity contribution is -0.117. The summed E-state index contributed by atoms with van der Waals surface area (Å²) in [4.78, 5) is 0. The number of rotatable bonds is 5. The van der Waals surface area contributed by atoms with Crippen molar-refractivity contribution in [2.45, 2.75) is 89.8 Å². The maximum Gasteiger partial charge on any atom is 0.0810 e. The summed E-state index contributed by atoms with van der Waals surface area (Å²) in [6.45, 7) is 6.72. The maximum atomic E-state index is 6.71. The Morgan fingerprint density at radius 3 is 2.42 bits per heavy atom. The topological polar surface area (TPSA) is 21.3 Å². The van der Waals surface area contributed by atoms with E-state index in [4.69, 9.17) is 4.74 Å². The van der Waals surface area contributed by atoms with Gasteiger partial charge < -0.3 is 10.1 Å². The van der Waals surface area contributed by atoms with Crippen LogP contribution in [0, 0.1) is 5.92 Å². The van der Waals surface area contributed by atoms with Gasteiger partial charge in [0.2, 0.25) is 0 Å². The SMILES string of the molecule is CCNCC1(OC2CCCC(C)C2)CCCCCC1. The van der Waals surface area contributed by atoms with Crippen LogP contribution in [0.15, 0.2) is 0 Å². The molecule has 0 aliphatic heterocycles. The Hall–Kier alpha value is -0.0800. The van der Waals surface area contributed by atoms with Gasteiger partial charge >= 0.3 is 0 Å². The molecular weight excluding hydrogens is 234 g/mol. The van der Waals surface area contributed by atoms with E-state index in [1.807, 2.05) is 0 Å². The van der Waals surface area contributed by atoms with Crippen molar-refractivity contribution < 1.29 is 4.74 Å². The molecule has 2 heteroatoms. The maximum absolute atomic E-state index is 6.71. The Bertz CT molecular complexity index is 246. The average molecular weight is 267 g/mol. The van der Waals surface area contributed by atoms with E-state index in [0.717, 1.165) is 19.0 Å².